The predicted octanol–water partition coefficient (Wildman–Crippen LogP) is 3.05. The van der Waals surface area contributed by atoms with Crippen LogP contribution in [0.2, 0.25) is 0 Å². The summed E-state index contributed by atoms with van der Waals surface area (Å²) < 4.78 is 1.02. The third-order valence-electron chi connectivity index (χ3n) is 3.00. The van der Waals surface area contributed by atoms with E-state index in [-0.39, 0.29) is 5.91 Å². The molecule has 3 rings (SSSR count). The van der Waals surface area contributed by atoms with Crippen molar-refractivity contribution in [3.8, 4) is 0 Å². The quantitative estimate of drug-likeness (QED) is 0.789. The number of nitrogens with zero attached hydrogens (tertiary/aromatic N) is 3. The average molecular weight is 351 g/mol. The largest absolute Gasteiger partial charge is 0.346 e. The highest BCUT2D eigenvalue weighted by Crippen LogP contribution is 2.23. The molecule has 3 aromatic heterocycles. The second kappa shape index (κ2) is 5.34. The monoisotopic (exact) mass is 350 g/mol. The van der Waals surface area contributed by atoms with Crippen LogP contribution in [-0.2, 0) is 6.54 Å². The summed E-state index contributed by atoms with van der Waals surface area (Å²) in [5, 5.41) is 4.77. The number of carbonyl (C=O) groups is 1. The molecule has 5 nitrogen and oxygen atoms in total. The summed E-state index contributed by atoms with van der Waals surface area (Å²) in [6, 6.07) is 1.82. The molecule has 0 spiro atoms. The van der Waals surface area contributed by atoms with Crippen LogP contribution in [0.25, 0.3) is 11.0 Å². The molecule has 0 saturated carbocycles. The van der Waals surface area contributed by atoms with Crippen LogP contribution >= 0.6 is 27.3 Å². The summed E-state index contributed by atoms with van der Waals surface area (Å²) >= 11 is 5.08. The Hall–Kier alpha value is -1.73. The lowest BCUT2D eigenvalue weighted by Crippen LogP contribution is -2.27. The van der Waals surface area contributed by atoms with E-state index in [4.69, 9.17) is 0 Å². The van der Waals surface area contributed by atoms with Crippen LogP contribution in [0.1, 0.15) is 16.1 Å². The molecule has 0 aliphatic rings. The van der Waals surface area contributed by atoms with Gasteiger partial charge < -0.3 is 9.88 Å². The van der Waals surface area contributed by atoms with Crippen molar-refractivity contribution in [1.82, 2.24) is 19.9 Å². The third kappa shape index (κ3) is 2.34. The first-order valence-electron chi connectivity index (χ1n) is 5.91. The molecule has 0 saturated heterocycles. The number of halogens is 1. The van der Waals surface area contributed by atoms with E-state index in [0.29, 0.717) is 17.9 Å². The van der Waals surface area contributed by atoms with Crippen molar-refractivity contribution in [3.63, 3.8) is 0 Å². The van der Waals surface area contributed by atoms with Crippen LogP contribution in [0, 0.1) is 0 Å². The molecule has 20 heavy (non-hydrogen) atoms. The van der Waals surface area contributed by atoms with Gasteiger partial charge in [-0.3, -0.25) is 4.79 Å². The van der Waals surface area contributed by atoms with Crippen molar-refractivity contribution in [2.24, 2.45) is 0 Å². The summed E-state index contributed by atoms with van der Waals surface area (Å²) in [6.45, 7) is 0.541. The number of thiophene rings is 1. The van der Waals surface area contributed by atoms with Gasteiger partial charge in [-0.25, -0.2) is 9.97 Å². The maximum Gasteiger partial charge on any atom is 0.273 e. The van der Waals surface area contributed by atoms with Gasteiger partial charge in [0.1, 0.15) is 17.7 Å². The van der Waals surface area contributed by atoms with E-state index >= 15 is 0 Å². The zero-order valence-corrected chi connectivity index (χ0v) is 13.0. The van der Waals surface area contributed by atoms with E-state index in [1.54, 1.807) is 29.5 Å². The first-order valence-corrected chi connectivity index (χ1v) is 7.64. The molecule has 3 aromatic rings. The first-order chi connectivity index (χ1) is 9.66. The lowest BCUT2D eigenvalue weighted by molar-refractivity contribution is 0.0781. The molecular weight excluding hydrogens is 340 g/mol. The van der Waals surface area contributed by atoms with Gasteiger partial charge in [-0.1, -0.05) is 0 Å². The normalized spacial score (nSPS) is 10.9. The minimum Gasteiger partial charge on any atom is -0.346 e. The van der Waals surface area contributed by atoms with Gasteiger partial charge >= 0.3 is 0 Å². The molecule has 0 aliphatic carbocycles. The average Bonchev–Trinajstić information content (AvgIpc) is 3.07. The molecule has 102 valence electrons. The fourth-order valence-electron chi connectivity index (χ4n) is 1.97. The highest BCUT2D eigenvalue weighted by molar-refractivity contribution is 9.10. The van der Waals surface area contributed by atoms with E-state index < -0.39 is 0 Å². The van der Waals surface area contributed by atoms with Gasteiger partial charge in [0.2, 0.25) is 0 Å². The number of nitrogens with one attached hydrogen (secondary N) is 1. The van der Waals surface area contributed by atoms with Gasteiger partial charge in [0.25, 0.3) is 5.91 Å². The number of H-pyrrole nitrogens is 1. The van der Waals surface area contributed by atoms with Crippen molar-refractivity contribution in [1.29, 1.82) is 0 Å². The molecule has 0 unspecified atom stereocenters. The highest BCUT2D eigenvalue weighted by Gasteiger charge is 2.18. The van der Waals surface area contributed by atoms with Crippen molar-refractivity contribution in [2.75, 3.05) is 7.05 Å². The maximum atomic E-state index is 12.5. The van der Waals surface area contributed by atoms with Crippen LogP contribution in [0.3, 0.4) is 0 Å². The Morgan fingerprint density at radius 2 is 2.30 bits per heavy atom. The highest BCUT2D eigenvalue weighted by atomic mass is 79.9. The van der Waals surface area contributed by atoms with Crippen LogP contribution in [0.4, 0.5) is 0 Å². The van der Waals surface area contributed by atoms with E-state index in [9.17, 15) is 4.79 Å². The van der Waals surface area contributed by atoms with E-state index in [2.05, 4.69) is 30.9 Å². The van der Waals surface area contributed by atoms with E-state index in [1.165, 1.54) is 6.33 Å². The minimum absolute atomic E-state index is 0.116. The molecule has 1 N–H and O–H groups in total. The van der Waals surface area contributed by atoms with Gasteiger partial charge in [-0.05, 0) is 32.9 Å². The second-order valence-electron chi connectivity index (χ2n) is 4.37. The molecule has 0 fully saturated rings. The van der Waals surface area contributed by atoms with Crippen LogP contribution in [-0.4, -0.2) is 32.8 Å². The number of carbonyl (C=O) groups excluding carboxylic acids is 1. The predicted molar refractivity (Wildman–Crippen MR) is 81.7 cm³/mol. The maximum absolute atomic E-state index is 12.5. The number of aromatic amines is 1. The van der Waals surface area contributed by atoms with Crippen LogP contribution in [0.5, 0.6) is 0 Å². The SMILES string of the molecule is CN(Cc1cscc1Br)C(=O)c1ncnc2[nH]ccc12. The Labute approximate surface area is 127 Å². The summed E-state index contributed by atoms with van der Waals surface area (Å²) in [6.07, 6.45) is 3.16. The molecule has 0 aromatic carbocycles. The molecule has 0 atom stereocenters. The molecule has 0 radical (unpaired) electrons. The standard InChI is InChI=1S/C13H11BrN4OS/c1-18(4-8-5-20-6-10(8)14)13(19)11-9-2-3-15-12(9)17-7-16-11/h2-3,5-7H,4H2,1H3,(H,15,16,17). The fraction of sp³-hybridized carbons (Fsp3) is 0.154. The second-order valence-corrected chi connectivity index (χ2v) is 5.97. The van der Waals surface area contributed by atoms with Crippen LogP contribution < -0.4 is 0 Å². The van der Waals surface area contributed by atoms with Gasteiger partial charge in [0, 0.05) is 29.6 Å². The topological polar surface area (TPSA) is 61.9 Å². The minimum atomic E-state index is -0.116. The van der Waals surface area contributed by atoms with Gasteiger partial charge in [-0.15, -0.1) is 0 Å². The Bertz CT molecular complexity index is 766. The molecule has 3 heterocycles. The zero-order chi connectivity index (χ0) is 14.1. The number of hydrogen-bond acceptors (Lipinski definition) is 4. The van der Waals surface area contributed by atoms with Crippen LogP contribution in [0.15, 0.2) is 33.8 Å². The Morgan fingerprint density at radius 1 is 1.45 bits per heavy atom. The van der Waals surface area contributed by atoms with Gasteiger partial charge in [0.05, 0.1) is 5.39 Å². The number of amides is 1. The molecule has 7 heteroatoms. The lowest BCUT2D eigenvalue weighted by Gasteiger charge is -2.16. The molecule has 0 bridgehead atoms. The van der Waals surface area contributed by atoms with Crippen molar-refractivity contribution in [2.45, 2.75) is 6.54 Å². The molecular formula is C13H11BrN4OS. The summed E-state index contributed by atoms with van der Waals surface area (Å²) in [5.41, 5.74) is 2.18. The fourth-order valence-corrected chi connectivity index (χ4v) is 3.39. The number of rotatable bonds is 3. The lowest BCUT2D eigenvalue weighted by atomic mass is 10.2. The Morgan fingerprint density at radius 3 is 3.05 bits per heavy atom. The Balaban J connectivity index is 1.88. The first kappa shape index (κ1) is 13.3. The summed E-state index contributed by atoms with van der Waals surface area (Å²) in [5.74, 6) is -0.116. The molecule has 0 aliphatic heterocycles. The van der Waals surface area contributed by atoms with E-state index in [1.807, 2.05) is 16.8 Å². The Kier molecular flexibility index (Phi) is 3.54. The van der Waals surface area contributed by atoms with Crippen molar-refractivity contribution >= 4 is 44.2 Å². The van der Waals surface area contributed by atoms with Gasteiger partial charge in [-0.2, -0.15) is 11.3 Å². The zero-order valence-electron chi connectivity index (χ0n) is 10.6. The van der Waals surface area contributed by atoms with Crippen molar-refractivity contribution < 1.29 is 4.79 Å². The van der Waals surface area contributed by atoms with Gasteiger partial charge in [0.15, 0.2) is 0 Å². The number of aromatic nitrogens is 3. The molecule has 1 amide bonds. The van der Waals surface area contributed by atoms with E-state index in [0.717, 1.165) is 15.4 Å². The van der Waals surface area contributed by atoms with Crippen molar-refractivity contribution in [3.05, 3.63) is 45.1 Å². The summed E-state index contributed by atoms with van der Waals surface area (Å²) in [7, 11) is 1.77. The number of hydrogen-bond donors (Lipinski definition) is 1. The number of fused-ring (bicyclic) bond motifs is 1. The third-order valence-corrected chi connectivity index (χ3v) is 4.83. The summed E-state index contributed by atoms with van der Waals surface area (Å²) in [4.78, 5) is 25.3. The smallest absolute Gasteiger partial charge is 0.273 e.